The van der Waals surface area contributed by atoms with E-state index in [9.17, 15) is 9.90 Å². The maximum Gasteiger partial charge on any atom is 0.185 e. The predicted octanol–water partition coefficient (Wildman–Crippen LogP) is 11.2. The van der Waals surface area contributed by atoms with Crippen LogP contribution < -0.4 is 4.74 Å². The predicted molar refractivity (Wildman–Crippen MR) is 185 cm³/mol. The van der Waals surface area contributed by atoms with Crippen LogP contribution in [0, 0.1) is 52.3 Å². The first kappa shape index (κ1) is 32.4. The Morgan fingerprint density at radius 1 is 0.867 bits per heavy atom. The van der Waals surface area contributed by atoms with Gasteiger partial charge in [-0.15, -0.1) is 0 Å². The number of carbonyl (C=O) groups is 1. The van der Waals surface area contributed by atoms with E-state index in [1.807, 2.05) is 18.2 Å². The zero-order chi connectivity index (χ0) is 31.8. The van der Waals surface area contributed by atoms with Gasteiger partial charge in [-0.05, 0) is 158 Å². The second-order valence-corrected chi connectivity index (χ2v) is 16.5. The van der Waals surface area contributed by atoms with Crippen LogP contribution in [0.25, 0.3) is 6.08 Å². The van der Waals surface area contributed by atoms with Gasteiger partial charge in [0.05, 0.1) is 6.10 Å². The summed E-state index contributed by atoms with van der Waals surface area (Å²) in [5.74, 6) is 7.26. The summed E-state index contributed by atoms with van der Waals surface area (Å²) in [4.78, 5) is 12.5. The van der Waals surface area contributed by atoms with Crippen molar-refractivity contribution < 1.29 is 14.6 Å². The number of phenols is 1. The van der Waals surface area contributed by atoms with Crippen molar-refractivity contribution in [3.05, 3.63) is 65.7 Å². The summed E-state index contributed by atoms with van der Waals surface area (Å²) in [6.07, 6.45) is 20.3. The van der Waals surface area contributed by atoms with E-state index in [-0.39, 0.29) is 11.5 Å². The Bertz CT molecular complexity index is 1320. The summed E-state index contributed by atoms with van der Waals surface area (Å²) in [5, 5.41) is 9.46. The Kier molecular flexibility index (Phi) is 9.56. The number of benzene rings is 2. The standard InChI is InChI=1S/C42H58O3/c1-28(2)7-6-8-29(3)37-20-21-38-36-19-14-32-27-35(23-25-41(32,4)39(36)24-26-42(37,38)5)45-34-17-9-30(10-18-34)11-22-40(44)31-12-15-33(43)16-13-31/h9-13,15-18,22,28-29,32,35-39,43H,6-8,14,19-21,23-27H2,1-5H3/t29-,32?,35?,36?,37-,38?,39?,41+,42-/m1/s1. The molecular weight excluding hydrogens is 552 g/mol. The molecule has 244 valence electrons. The fourth-order valence-corrected chi connectivity index (χ4v) is 11.1. The van der Waals surface area contributed by atoms with Gasteiger partial charge in [0, 0.05) is 5.56 Å². The summed E-state index contributed by atoms with van der Waals surface area (Å²) in [6.45, 7) is 12.7. The van der Waals surface area contributed by atoms with Crippen molar-refractivity contribution in [3.63, 3.8) is 0 Å². The first-order valence-corrected chi connectivity index (χ1v) is 18.3. The number of allylic oxidation sites excluding steroid dienone is 1. The van der Waals surface area contributed by atoms with Crippen LogP contribution >= 0.6 is 0 Å². The van der Waals surface area contributed by atoms with Crippen molar-refractivity contribution in [1.29, 1.82) is 0 Å². The molecule has 3 nitrogen and oxygen atoms in total. The van der Waals surface area contributed by atoms with E-state index in [2.05, 4.69) is 46.8 Å². The van der Waals surface area contributed by atoms with Gasteiger partial charge in [0.25, 0.3) is 0 Å². The molecular formula is C42H58O3. The summed E-state index contributed by atoms with van der Waals surface area (Å²) in [7, 11) is 0. The number of hydrogen-bond acceptors (Lipinski definition) is 3. The average Bonchev–Trinajstić information content (AvgIpc) is 3.38. The van der Waals surface area contributed by atoms with E-state index in [4.69, 9.17) is 4.74 Å². The Morgan fingerprint density at radius 2 is 1.58 bits per heavy atom. The minimum atomic E-state index is -0.0719. The molecule has 2 aromatic carbocycles. The third-order valence-corrected chi connectivity index (χ3v) is 13.6. The number of fused-ring (bicyclic) bond motifs is 5. The minimum Gasteiger partial charge on any atom is -0.508 e. The highest BCUT2D eigenvalue weighted by Crippen LogP contribution is 2.68. The lowest BCUT2D eigenvalue weighted by Gasteiger charge is -2.61. The number of aromatic hydroxyl groups is 1. The van der Waals surface area contributed by atoms with Crippen molar-refractivity contribution in [1.82, 2.24) is 0 Å². The van der Waals surface area contributed by atoms with Crippen molar-refractivity contribution in [2.75, 3.05) is 0 Å². The van der Waals surface area contributed by atoms with Crippen LogP contribution in [-0.2, 0) is 0 Å². The van der Waals surface area contributed by atoms with Gasteiger partial charge in [-0.25, -0.2) is 0 Å². The number of hydrogen-bond donors (Lipinski definition) is 1. The molecule has 0 bridgehead atoms. The van der Waals surface area contributed by atoms with Crippen molar-refractivity contribution in [2.45, 2.75) is 118 Å². The van der Waals surface area contributed by atoms with Gasteiger partial charge in [0.15, 0.2) is 5.78 Å². The Morgan fingerprint density at radius 3 is 2.31 bits per heavy atom. The van der Waals surface area contributed by atoms with E-state index in [1.54, 1.807) is 30.3 Å². The van der Waals surface area contributed by atoms with Crippen LogP contribution in [-0.4, -0.2) is 17.0 Å². The van der Waals surface area contributed by atoms with Crippen LogP contribution in [0.5, 0.6) is 11.5 Å². The van der Waals surface area contributed by atoms with Gasteiger partial charge in [-0.2, -0.15) is 0 Å². The smallest absolute Gasteiger partial charge is 0.185 e. The fraction of sp³-hybridized carbons (Fsp3) is 0.643. The van der Waals surface area contributed by atoms with E-state index in [1.165, 1.54) is 70.6 Å². The molecule has 6 rings (SSSR count). The average molecular weight is 611 g/mol. The van der Waals surface area contributed by atoms with Gasteiger partial charge in [-0.1, -0.05) is 72.1 Å². The topological polar surface area (TPSA) is 46.5 Å². The number of rotatable bonds is 10. The van der Waals surface area contributed by atoms with Crippen LogP contribution in [0.4, 0.5) is 0 Å². The summed E-state index contributed by atoms with van der Waals surface area (Å²) in [6, 6.07) is 14.5. The molecule has 0 amide bonds. The SMILES string of the molecule is CC(C)CCC[C@@H](C)[C@H]1CCC2C3CCC4CC(Oc5ccc(C=CC(=O)c6ccc(O)cc6)cc5)CC[C@]4(C)C3CC[C@@]21C. The van der Waals surface area contributed by atoms with Crippen LogP contribution in [0.2, 0.25) is 0 Å². The lowest BCUT2D eigenvalue weighted by molar-refractivity contribution is -0.126. The van der Waals surface area contributed by atoms with Crippen molar-refractivity contribution in [2.24, 2.45) is 52.3 Å². The van der Waals surface area contributed by atoms with Gasteiger partial charge >= 0.3 is 0 Å². The van der Waals surface area contributed by atoms with Crippen LogP contribution in [0.3, 0.4) is 0 Å². The summed E-state index contributed by atoms with van der Waals surface area (Å²) >= 11 is 0. The van der Waals surface area contributed by atoms with Crippen LogP contribution in [0.15, 0.2) is 54.6 Å². The Hall–Kier alpha value is -2.55. The molecule has 2 aromatic rings. The highest BCUT2D eigenvalue weighted by Gasteiger charge is 2.60. The van der Waals surface area contributed by atoms with Gasteiger partial charge < -0.3 is 9.84 Å². The summed E-state index contributed by atoms with van der Waals surface area (Å²) < 4.78 is 6.60. The molecule has 0 saturated heterocycles. The zero-order valence-electron chi connectivity index (χ0n) is 28.6. The first-order valence-electron chi connectivity index (χ1n) is 18.3. The first-order chi connectivity index (χ1) is 21.6. The van der Waals surface area contributed by atoms with E-state index < -0.39 is 0 Å². The Balaban J connectivity index is 1.03. The third kappa shape index (κ3) is 6.66. The van der Waals surface area contributed by atoms with E-state index in [0.717, 1.165) is 59.2 Å². The van der Waals surface area contributed by atoms with E-state index in [0.29, 0.717) is 22.5 Å². The minimum absolute atomic E-state index is 0.0719. The lowest BCUT2D eigenvalue weighted by Crippen LogP contribution is -2.54. The molecule has 4 fully saturated rings. The molecule has 0 heterocycles. The normalized spacial score (nSPS) is 35.1. The molecule has 0 spiro atoms. The lowest BCUT2D eigenvalue weighted by atomic mass is 9.44. The largest absolute Gasteiger partial charge is 0.508 e. The maximum atomic E-state index is 12.5. The van der Waals surface area contributed by atoms with Gasteiger partial charge in [0.2, 0.25) is 0 Å². The highest BCUT2D eigenvalue weighted by molar-refractivity contribution is 6.06. The molecule has 0 aromatic heterocycles. The Labute approximate surface area is 273 Å². The number of phenolic OH excluding ortho intramolecular Hbond substituents is 1. The van der Waals surface area contributed by atoms with Crippen molar-refractivity contribution in [3.8, 4) is 11.5 Å². The van der Waals surface area contributed by atoms with Crippen molar-refractivity contribution >= 4 is 11.9 Å². The monoisotopic (exact) mass is 610 g/mol. The molecule has 0 radical (unpaired) electrons. The maximum absolute atomic E-state index is 12.5. The zero-order valence-corrected chi connectivity index (χ0v) is 28.6. The second-order valence-electron chi connectivity index (χ2n) is 16.5. The quantitative estimate of drug-likeness (QED) is 0.215. The second kappa shape index (κ2) is 13.3. The molecule has 0 aliphatic heterocycles. The van der Waals surface area contributed by atoms with Crippen LogP contribution in [0.1, 0.15) is 128 Å². The number of ether oxygens (including phenoxy) is 1. The number of ketones is 1. The fourth-order valence-electron chi connectivity index (χ4n) is 11.1. The molecule has 5 unspecified atom stereocenters. The molecule has 4 aliphatic carbocycles. The third-order valence-electron chi connectivity index (χ3n) is 13.6. The molecule has 3 heteroatoms. The van der Waals surface area contributed by atoms with Gasteiger partial charge in [-0.3, -0.25) is 4.79 Å². The molecule has 45 heavy (non-hydrogen) atoms. The molecule has 4 saturated carbocycles. The van der Waals surface area contributed by atoms with Gasteiger partial charge in [0.1, 0.15) is 11.5 Å². The highest BCUT2D eigenvalue weighted by atomic mass is 16.5. The molecule has 4 aliphatic rings. The van der Waals surface area contributed by atoms with E-state index >= 15 is 0 Å². The number of carbonyl (C=O) groups excluding carboxylic acids is 1. The summed E-state index contributed by atoms with van der Waals surface area (Å²) in [5.41, 5.74) is 2.60. The molecule has 9 atom stereocenters. The molecule has 1 N–H and O–H groups in total.